The Balaban J connectivity index is 2.25. The van der Waals surface area contributed by atoms with Crippen molar-refractivity contribution >= 4 is 5.97 Å². The van der Waals surface area contributed by atoms with E-state index in [9.17, 15) is 15.0 Å². The van der Waals surface area contributed by atoms with Crippen LogP contribution in [0.4, 0.5) is 0 Å². The monoisotopic (exact) mass is 336 g/mol. The minimum absolute atomic E-state index is 0.0350. The van der Waals surface area contributed by atoms with Gasteiger partial charge in [-0.3, -0.25) is 4.79 Å². The van der Waals surface area contributed by atoms with Gasteiger partial charge in [-0.1, -0.05) is 31.6 Å². The molecule has 0 heterocycles. The molecule has 136 valence electrons. The van der Waals surface area contributed by atoms with Gasteiger partial charge in [-0.15, -0.1) is 0 Å². The summed E-state index contributed by atoms with van der Waals surface area (Å²) >= 11 is 0. The molecule has 0 radical (unpaired) electrons. The molecule has 2 aliphatic rings. The molecule has 2 saturated carbocycles. The normalized spacial score (nSPS) is 37.2. The fourth-order valence-electron chi connectivity index (χ4n) is 5.44. The second kappa shape index (κ2) is 7.40. The first-order valence-electron chi connectivity index (χ1n) is 9.10. The summed E-state index contributed by atoms with van der Waals surface area (Å²) in [7, 11) is 0. The number of fused-ring (bicyclic) bond motifs is 1. The van der Waals surface area contributed by atoms with Crippen molar-refractivity contribution in [2.75, 3.05) is 13.2 Å². The molecular weight excluding hydrogens is 304 g/mol. The number of carboxylic acid groups (broad SMARTS) is 1. The van der Waals surface area contributed by atoms with Crippen LogP contribution in [0.1, 0.15) is 58.8 Å². The topological polar surface area (TPSA) is 77.8 Å². The Morgan fingerprint density at radius 1 is 1.33 bits per heavy atom. The fourth-order valence-corrected chi connectivity index (χ4v) is 5.44. The van der Waals surface area contributed by atoms with E-state index in [1.54, 1.807) is 6.08 Å². The van der Waals surface area contributed by atoms with Gasteiger partial charge in [0.15, 0.2) is 0 Å². The van der Waals surface area contributed by atoms with Gasteiger partial charge < -0.3 is 15.3 Å². The highest BCUT2D eigenvalue weighted by Gasteiger charge is 2.57. The second-order valence-corrected chi connectivity index (χ2v) is 8.13. The van der Waals surface area contributed by atoms with Crippen LogP contribution in [0.5, 0.6) is 0 Å². The molecule has 0 unspecified atom stereocenters. The van der Waals surface area contributed by atoms with E-state index in [-0.39, 0.29) is 30.5 Å². The lowest BCUT2D eigenvalue weighted by atomic mass is 9.46. The Labute approximate surface area is 145 Å². The maximum absolute atomic E-state index is 12.0. The Kier molecular flexibility index (Phi) is 5.92. The second-order valence-electron chi connectivity index (χ2n) is 8.13. The van der Waals surface area contributed by atoms with E-state index in [0.29, 0.717) is 0 Å². The summed E-state index contributed by atoms with van der Waals surface area (Å²) in [6, 6.07) is 0. The molecule has 0 aliphatic heterocycles. The Morgan fingerprint density at radius 3 is 2.62 bits per heavy atom. The predicted molar refractivity (Wildman–Crippen MR) is 94.5 cm³/mol. The lowest BCUT2D eigenvalue weighted by molar-refractivity contribution is -0.164. The van der Waals surface area contributed by atoms with E-state index in [1.165, 1.54) is 5.57 Å². The number of aliphatic hydroxyl groups is 2. The van der Waals surface area contributed by atoms with Crippen molar-refractivity contribution in [2.45, 2.75) is 58.8 Å². The van der Waals surface area contributed by atoms with E-state index in [0.717, 1.165) is 50.5 Å². The van der Waals surface area contributed by atoms with Crippen LogP contribution in [-0.4, -0.2) is 34.5 Å². The molecule has 3 N–H and O–H groups in total. The summed E-state index contributed by atoms with van der Waals surface area (Å²) in [5, 5.41) is 28.3. The van der Waals surface area contributed by atoms with Gasteiger partial charge in [-0.25, -0.2) is 0 Å². The van der Waals surface area contributed by atoms with E-state index < -0.39 is 11.4 Å². The number of carboxylic acids is 1. The van der Waals surface area contributed by atoms with Crippen molar-refractivity contribution in [2.24, 2.45) is 22.7 Å². The lowest BCUT2D eigenvalue weighted by Gasteiger charge is -2.57. The first-order chi connectivity index (χ1) is 11.3. The first-order valence-corrected chi connectivity index (χ1v) is 9.10. The average Bonchev–Trinajstić information content (AvgIpc) is 2.52. The lowest BCUT2D eigenvalue weighted by Crippen LogP contribution is -2.53. The van der Waals surface area contributed by atoms with E-state index in [2.05, 4.69) is 13.5 Å². The summed E-state index contributed by atoms with van der Waals surface area (Å²) in [4.78, 5) is 12.0. The van der Waals surface area contributed by atoms with Gasteiger partial charge in [0.25, 0.3) is 0 Å². The van der Waals surface area contributed by atoms with Gasteiger partial charge in [0.05, 0.1) is 18.6 Å². The molecule has 0 bridgehead atoms. The van der Waals surface area contributed by atoms with E-state index in [4.69, 9.17) is 5.11 Å². The molecule has 0 aromatic rings. The number of aliphatic carboxylic acids is 1. The van der Waals surface area contributed by atoms with Crippen molar-refractivity contribution in [1.29, 1.82) is 0 Å². The fraction of sp³-hybridized carbons (Fsp3) is 0.750. The Morgan fingerprint density at radius 2 is 2.04 bits per heavy atom. The van der Waals surface area contributed by atoms with Crippen LogP contribution in [0.25, 0.3) is 0 Å². The zero-order valence-electron chi connectivity index (χ0n) is 15.1. The standard InChI is InChI=1S/C20H32O4/c1-14-5-8-17-19(2,10-4-11-20(17,3)18(23)24)16(14)7-6-15(13-22)9-12-21/h9,16-17,21-22H,1,4-8,10-13H2,2-3H3,(H,23,24)/b15-9+/t16-,17+,19-,20-/m1/s1. The van der Waals surface area contributed by atoms with Gasteiger partial charge in [0.1, 0.15) is 0 Å². The van der Waals surface area contributed by atoms with Crippen LogP contribution in [0, 0.1) is 22.7 Å². The van der Waals surface area contributed by atoms with Crippen molar-refractivity contribution in [3.8, 4) is 0 Å². The molecule has 0 saturated heterocycles. The molecule has 2 fully saturated rings. The van der Waals surface area contributed by atoms with Crippen molar-refractivity contribution < 1.29 is 20.1 Å². The molecule has 2 aliphatic carbocycles. The van der Waals surface area contributed by atoms with Crippen LogP contribution < -0.4 is 0 Å². The predicted octanol–water partition coefficient (Wildman–Crippen LogP) is 3.54. The highest BCUT2D eigenvalue weighted by atomic mass is 16.4. The molecule has 4 heteroatoms. The maximum atomic E-state index is 12.0. The first kappa shape index (κ1) is 19.2. The van der Waals surface area contributed by atoms with Crippen LogP contribution in [0.2, 0.25) is 0 Å². The molecule has 24 heavy (non-hydrogen) atoms. The van der Waals surface area contributed by atoms with Crippen molar-refractivity contribution in [1.82, 2.24) is 0 Å². The largest absolute Gasteiger partial charge is 0.481 e. The SMILES string of the molecule is C=C1CC[C@H]2[C@](C)(CCC[C@@]2(C)C(=O)O)[C@@H]1CC/C(=C\CO)CO. The van der Waals surface area contributed by atoms with E-state index >= 15 is 0 Å². The molecule has 4 nitrogen and oxygen atoms in total. The highest BCUT2D eigenvalue weighted by molar-refractivity contribution is 5.75. The quantitative estimate of drug-likeness (QED) is 0.648. The summed E-state index contributed by atoms with van der Waals surface area (Å²) in [6.07, 6.45) is 7.82. The summed E-state index contributed by atoms with van der Waals surface area (Å²) in [5.41, 5.74) is 1.39. The van der Waals surface area contributed by atoms with Gasteiger partial charge in [-0.05, 0) is 68.3 Å². The zero-order valence-corrected chi connectivity index (χ0v) is 15.1. The highest BCUT2D eigenvalue weighted by Crippen LogP contribution is 2.62. The minimum Gasteiger partial charge on any atom is -0.481 e. The summed E-state index contributed by atoms with van der Waals surface area (Å²) in [6.45, 7) is 8.38. The van der Waals surface area contributed by atoms with Crippen molar-refractivity contribution in [3.05, 3.63) is 23.8 Å². The number of allylic oxidation sites excluding steroid dienone is 1. The molecule has 4 atom stereocenters. The molecule has 0 amide bonds. The van der Waals surface area contributed by atoms with Crippen LogP contribution >= 0.6 is 0 Å². The van der Waals surface area contributed by atoms with Crippen LogP contribution in [0.15, 0.2) is 23.8 Å². The van der Waals surface area contributed by atoms with Crippen LogP contribution in [-0.2, 0) is 4.79 Å². The summed E-state index contributed by atoms with van der Waals surface area (Å²) in [5.74, 6) is -0.212. The molecule has 0 aromatic heterocycles. The Bertz CT molecular complexity index is 524. The zero-order chi connectivity index (χ0) is 18.0. The van der Waals surface area contributed by atoms with Gasteiger partial charge >= 0.3 is 5.97 Å². The third-order valence-electron chi connectivity index (χ3n) is 6.85. The van der Waals surface area contributed by atoms with Gasteiger partial charge in [0, 0.05) is 0 Å². The number of aliphatic hydroxyl groups excluding tert-OH is 2. The number of hydrogen-bond donors (Lipinski definition) is 3. The molecular formula is C20H32O4. The average molecular weight is 336 g/mol. The molecule has 2 rings (SSSR count). The van der Waals surface area contributed by atoms with Crippen LogP contribution in [0.3, 0.4) is 0 Å². The number of carbonyl (C=O) groups is 1. The van der Waals surface area contributed by atoms with Crippen molar-refractivity contribution in [3.63, 3.8) is 0 Å². The maximum Gasteiger partial charge on any atom is 0.309 e. The molecule has 0 aromatic carbocycles. The van der Waals surface area contributed by atoms with E-state index in [1.807, 2.05) is 6.92 Å². The number of rotatable bonds is 6. The minimum atomic E-state index is -0.666. The van der Waals surface area contributed by atoms with Gasteiger partial charge in [0.2, 0.25) is 0 Å². The molecule has 0 spiro atoms. The van der Waals surface area contributed by atoms with Gasteiger partial charge in [-0.2, -0.15) is 0 Å². The smallest absolute Gasteiger partial charge is 0.309 e. The third-order valence-corrected chi connectivity index (χ3v) is 6.85. The Hall–Kier alpha value is -1.13. The summed E-state index contributed by atoms with van der Waals surface area (Å²) < 4.78 is 0. The number of hydrogen-bond acceptors (Lipinski definition) is 3. The third kappa shape index (κ3) is 3.31.